The van der Waals surface area contributed by atoms with Crippen LogP contribution in [0.25, 0.3) is 89.1 Å². The van der Waals surface area contributed by atoms with E-state index in [0.717, 1.165) is 33.2 Å². The number of benzene rings is 8. The summed E-state index contributed by atoms with van der Waals surface area (Å²) in [5.41, 5.74) is 10.2. The highest BCUT2D eigenvalue weighted by Gasteiger charge is 2.38. The Balaban J connectivity index is 1.15. The average Bonchev–Trinajstić information content (AvgIpc) is 3.44. The molecule has 3 nitrogen and oxygen atoms in total. The van der Waals surface area contributed by atoms with E-state index in [1.807, 2.05) is 6.07 Å². The van der Waals surface area contributed by atoms with Gasteiger partial charge in [-0.15, -0.1) is 0 Å². The standard InChI is InChI=1S/C49H35N3Si/c1-53(2)45-26-25-40(30-43(45)44-29-34-17-9-10-18-35(34)31-46(44)53)48-50-47(51-49(52-48)42-20-12-11-19-41(42)33-15-7-4-8-16-33)39-24-23-37-27-36(21-22-38(37)28-39)32-13-5-3-6-14-32/h3-31H,1-2H3. The molecule has 0 unspecified atom stereocenters. The predicted molar refractivity (Wildman–Crippen MR) is 224 cm³/mol. The molecule has 1 aliphatic rings. The van der Waals surface area contributed by atoms with Gasteiger partial charge in [0, 0.05) is 16.7 Å². The lowest BCUT2D eigenvalue weighted by Crippen LogP contribution is -2.49. The third-order valence-electron chi connectivity index (χ3n) is 10.9. The molecule has 250 valence electrons. The van der Waals surface area contributed by atoms with Crippen molar-refractivity contribution in [3.05, 3.63) is 176 Å². The molecule has 0 aliphatic carbocycles. The molecule has 0 fully saturated rings. The van der Waals surface area contributed by atoms with Crippen LogP contribution in [-0.4, -0.2) is 23.0 Å². The van der Waals surface area contributed by atoms with Gasteiger partial charge in [0.05, 0.1) is 0 Å². The van der Waals surface area contributed by atoms with E-state index in [2.05, 4.69) is 183 Å². The van der Waals surface area contributed by atoms with Gasteiger partial charge in [0.1, 0.15) is 8.07 Å². The zero-order valence-corrected chi connectivity index (χ0v) is 30.6. The third-order valence-corrected chi connectivity index (χ3v) is 14.4. The lowest BCUT2D eigenvalue weighted by atomic mass is 9.98. The molecule has 0 atom stereocenters. The number of hydrogen-bond acceptors (Lipinski definition) is 3. The summed E-state index contributed by atoms with van der Waals surface area (Å²) in [6.07, 6.45) is 0. The first-order valence-electron chi connectivity index (χ1n) is 18.2. The fourth-order valence-electron chi connectivity index (χ4n) is 8.07. The molecule has 0 saturated carbocycles. The molecule has 0 spiro atoms. The van der Waals surface area contributed by atoms with Crippen molar-refractivity contribution in [2.24, 2.45) is 0 Å². The average molecular weight is 694 g/mol. The summed E-state index contributed by atoms with van der Waals surface area (Å²) in [6, 6.07) is 63.0. The maximum atomic E-state index is 5.25. The molecule has 9 aromatic rings. The molecule has 53 heavy (non-hydrogen) atoms. The minimum atomic E-state index is -1.90. The Morgan fingerprint density at radius 3 is 1.51 bits per heavy atom. The maximum absolute atomic E-state index is 5.25. The molecule has 1 aromatic heterocycles. The molecule has 1 aliphatic heterocycles. The molecular weight excluding hydrogens is 659 g/mol. The van der Waals surface area contributed by atoms with Crippen LogP contribution in [0.1, 0.15) is 0 Å². The van der Waals surface area contributed by atoms with Crippen LogP contribution < -0.4 is 10.4 Å². The van der Waals surface area contributed by atoms with Crippen molar-refractivity contribution in [2.75, 3.05) is 0 Å². The van der Waals surface area contributed by atoms with Crippen LogP contribution in [0.4, 0.5) is 0 Å². The Morgan fingerprint density at radius 1 is 0.302 bits per heavy atom. The fraction of sp³-hybridized carbons (Fsp3) is 0.0408. The van der Waals surface area contributed by atoms with E-state index in [4.69, 9.17) is 15.0 Å². The summed E-state index contributed by atoms with van der Waals surface area (Å²) in [5, 5.41) is 7.84. The van der Waals surface area contributed by atoms with Gasteiger partial charge in [-0.3, -0.25) is 0 Å². The largest absolute Gasteiger partial charge is 0.208 e. The van der Waals surface area contributed by atoms with Crippen LogP contribution in [0.2, 0.25) is 13.1 Å². The summed E-state index contributed by atoms with van der Waals surface area (Å²) < 4.78 is 0. The van der Waals surface area contributed by atoms with Crippen molar-refractivity contribution in [1.82, 2.24) is 15.0 Å². The second-order valence-electron chi connectivity index (χ2n) is 14.5. The Kier molecular flexibility index (Phi) is 7.27. The first-order chi connectivity index (χ1) is 26.0. The van der Waals surface area contributed by atoms with E-state index in [9.17, 15) is 0 Å². The highest BCUT2D eigenvalue weighted by Crippen LogP contribution is 2.36. The van der Waals surface area contributed by atoms with E-state index in [0.29, 0.717) is 17.5 Å². The minimum absolute atomic E-state index is 0.656. The second-order valence-corrected chi connectivity index (χ2v) is 18.8. The zero-order chi connectivity index (χ0) is 35.5. The normalized spacial score (nSPS) is 12.9. The number of aromatic nitrogens is 3. The molecule has 2 heterocycles. The summed E-state index contributed by atoms with van der Waals surface area (Å²) in [5.74, 6) is 1.98. The molecule has 10 rings (SSSR count). The van der Waals surface area contributed by atoms with Crippen molar-refractivity contribution in [1.29, 1.82) is 0 Å². The number of nitrogens with zero attached hydrogens (tertiary/aromatic N) is 3. The predicted octanol–water partition coefficient (Wildman–Crippen LogP) is 11.3. The van der Waals surface area contributed by atoms with Gasteiger partial charge in [0.15, 0.2) is 17.5 Å². The van der Waals surface area contributed by atoms with E-state index in [1.165, 1.54) is 48.8 Å². The second kappa shape index (κ2) is 12.3. The van der Waals surface area contributed by atoms with Gasteiger partial charge in [-0.1, -0.05) is 165 Å². The lowest BCUT2D eigenvalue weighted by molar-refractivity contribution is 1.08. The van der Waals surface area contributed by atoms with Crippen LogP contribution in [0.5, 0.6) is 0 Å². The van der Waals surface area contributed by atoms with Gasteiger partial charge in [-0.25, -0.2) is 15.0 Å². The van der Waals surface area contributed by atoms with Gasteiger partial charge in [0.25, 0.3) is 0 Å². The number of rotatable bonds is 5. The van der Waals surface area contributed by atoms with Gasteiger partial charge >= 0.3 is 0 Å². The molecule has 4 heteroatoms. The van der Waals surface area contributed by atoms with Gasteiger partial charge in [0.2, 0.25) is 0 Å². The summed E-state index contributed by atoms with van der Waals surface area (Å²) in [7, 11) is -1.90. The summed E-state index contributed by atoms with van der Waals surface area (Å²) >= 11 is 0. The summed E-state index contributed by atoms with van der Waals surface area (Å²) in [4.78, 5) is 15.7. The molecule has 0 N–H and O–H groups in total. The van der Waals surface area contributed by atoms with E-state index >= 15 is 0 Å². The van der Waals surface area contributed by atoms with Crippen molar-refractivity contribution in [3.8, 4) is 67.5 Å². The smallest absolute Gasteiger partial charge is 0.164 e. The third kappa shape index (κ3) is 5.38. The van der Waals surface area contributed by atoms with Crippen molar-refractivity contribution >= 4 is 40.0 Å². The summed E-state index contributed by atoms with van der Waals surface area (Å²) in [6.45, 7) is 4.93. The zero-order valence-electron chi connectivity index (χ0n) is 29.6. The van der Waals surface area contributed by atoms with Crippen LogP contribution >= 0.6 is 0 Å². The minimum Gasteiger partial charge on any atom is -0.208 e. The van der Waals surface area contributed by atoms with Crippen LogP contribution in [0, 0.1) is 0 Å². The topological polar surface area (TPSA) is 38.7 Å². The molecule has 0 radical (unpaired) electrons. The van der Waals surface area contributed by atoms with Gasteiger partial charge < -0.3 is 0 Å². The maximum Gasteiger partial charge on any atom is 0.164 e. The molecular formula is C49H35N3Si. The molecule has 0 bridgehead atoms. The Morgan fingerprint density at radius 2 is 0.792 bits per heavy atom. The molecule has 8 aromatic carbocycles. The Hall–Kier alpha value is -6.49. The fourth-order valence-corrected chi connectivity index (χ4v) is 11.1. The van der Waals surface area contributed by atoms with Crippen LogP contribution in [0.3, 0.4) is 0 Å². The van der Waals surface area contributed by atoms with E-state index < -0.39 is 8.07 Å². The molecule has 0 amide bonds. The Bertz CT molecular complexity index is 2860. The lowest BCUT2D eigenvalue weighted by Gasteiger charge is -2.19. The van der Waals surface area contributed by atoms with Crippen molar-refractivity contribution in [3.63, 3.8) is 0 Å². The SMILES string of the molecule is C[Si]1(C)c2ccc(-c3nc(-c4ccc5cc(-c6ccccc6)ccc5c4)nc(-c4ccccc4-c4ccccc4)n3)cc2-c2cc3ccccc3cc21. The highest BCUT2D eigenvalue weighted by molar-refractivity contribution is 7.04. The quantitative estimate of drug-likeness (QED) is 0.168. The van der Waals surface area contributed by atoms with Crippen LogP contribution in [-0.2, 0) is 0 Å². The first-order valence-corrected chi connectivity index (χ1v) is 21.2. The number of fused-ring (bicyclic) bond motifs is 5. The van der Waals surface area contributed by atoms with Gasteiger partial charge in [-0.05, 0) is 89.6 Å². The van der Waals surface area contributed by atoms with Gasteiger partial charge in [-0.2, -0.15) is 0 Å². The highest BCUT2D eigenvalue weighted by atomic mass is 28.3. The van der Waals surface area contributed by atoms with Crippen molar-refractivity contribution in [2.45, 2.75) is 13.1 Å². The number of hydrogen-bond donors (Lipinski definition) is 0. The van der Waals surface area contributed by atoms with Crippen molar-refractivity contribution < 1.29 is 0 Å². The van der Waals surface area contributed by atoms with E-state index in [-0.39, 0.29) is 0 Å². The molecule has 0 saturated heterocycles. The monoisotopic (exact) mass is 693 g/mol. The van der Waals surface area contributed by atoms with E-state index in [1.54, 1.807) is 0 Å². The Labute approximate surface area is 310 Å². The van der Waals surface area contributed by atoms with Crippen LogP contribution in [0.15, 0.2) is 176 Å². The first kappa shape index (κ1) is 31.3.